The van der Waals surface area contributed by atoms with E-state index < -0.39 is 0 Å². The largest absolute Gasteiger partial charge is 0.462 e. The van der Waals surface area contributed by atoms with Crippen LogP contribution in [0.25, 0.3) is 0 Å². The number of carbonyl (C=O) groups is 1. The SMILES string of the molecule is CCCCCCCCCOC(=O)C(C)=CCCO. The van der Waals surface area contributed by atoms with Crippen LogP contribution in [-0.2, 0) is 9.53 Å². The summed E-state index contributed by atoms with van der Waals surface area (Å²) in [5.41, 5.74) is 0.590. The molecule has 0 aliphatic carbocycles. The third-order valence-corrected chi connectivity index (χ3v) is 2.88. The summed E-state index contributed by atoms with van der Waals surface area (Å²) in [6.45, 7) is 4.52. The van der Waals surface area contributed by atoms with Crippen molar-refractivity contribution in [2.45, 2.75) is 65.2 Å². The summed E-state index contributed by atoms with van der Waals surface area (Å²) in [6, 6.07) is 0. The van der Waals surface area contributed by atoms with Crippen LogP contribution < -0.4 is 0 Å². The van der Waals surface area contributed by atoms with Gasteiger partial charge >= 0.3 is 5.97 Å². The first-order valence-corrected chi connectivity index (χ1v) is 7.17. The van der Waals surface area contributed by atoms with Gasteiger partial charge in [-0.25, -0.2) is 4.79 Å². The quantitative estimate of drug-likeness (QED) is 0.349. The third kappa shape index (κ3) is 10.3. The first-order chi connectivity index (χ1) is 8.72. The minimum atomic E-state index is -0.255. The monoisotopic (exact) mass is 256 g/mol. The van der Waals surface area contributed by atoms with Crippen molar-refractivity contribution in [1.82, 2.24) is 0 Å². The van der Waals surface area contributed by atoms with Gasteiger partial charge in [0.25, 0.3) is 0 Å². The predicted octanol–water partition coefficient (Wildman–Crippen LogP) is 3.61. The van der Waals surface area contributed by atoms with Gasteiger partial charge in [-0.1, -0.05) is 51.5 Å². The number of carbonyl (C=O) groups excluding carboxylic acids is 1. The van der Waals surface area contributed by atoms with E-state index in [0.29, 0.717) is 18.6 Å². The highest BCUT2D eigenvalue weighted by Crippen LogP contribution is 2.07. The maximum Gasteiger partial charge on any atom is 0.333 e. The fourth-order valence-corrected chi connectivity index (χ4v) is 1.70. The molecule has 0 saturated heterocycles. The number of aliphatic hydroxyl groups is 1. The molecule has 0 rings (SSSR count). The Morgan fingerprint density at radius 1 is 1.11 bits per heavy atom. The van der Waals surface area contributed by atoms with Crippen LogP contribution in [0.15, 0.2) is 11.6 Å². The Hall–Kier alpha value is -0.830. The van der Waals surface area contributed by atoms with E-state index in [2.05, 4.69) is 6.92 Å². The van der Waals surface area contributed by atoms with Gasteiger partial charge in [0.05, 0.1) is 6.61 Å². The molecule has 0 atom stereocenters. The molecule has 18 heavy (non-hydrogen) atoms. The Labute approximate surface area is 111 Å². The first-order valence-electron chi connectivity index (χ1n) is 7.17. The lowest BCUT2D eigenvalue weighted by Gasteiger charge is -2.05. The number of esters is 1. The van der Waals surface area contributed by atoms with Gasteiger partial charge in [-0.2, -0.15) is 0 Å². The molecule has 1 N–H and O–H groups in total. The summed E-state index contributed by atoms with van der Waals surface area (Å²) in [7, 11) is 0. The van der Waals surface area contributed by atoms with Gasteiger partial charge in [0.1, 0.15) is 0 Å². The Morgan fingerprint density at radius 3 is 2.33 bits per heavy atom. The van der Waals surface area contributed by atoms with E-state index in [1.165, 1.54) is 32.1 Å². The molecule has 106 valence electrons. The average molecular weight is 256 g/mol. The molecule has 0 unspecified atom stereocenters. The topological polar surface area (TPSA) is 46.5 Å². The van der Waals surface area contributed by atoms with Crippen LogP contribution in [0.2, 0.25) is 0 Å². The van der Waals surface area contributed by atoms with Crippen LogP contribution in [0.4, 0.5) is 0 Å². The first kappa shape index (κ1) is 17.2. The molecule has 0 aromatic rings. The van der Waals surface area contributed by atoms with E-state index in [9.17, 15) is 4.79 Å². The molecule has 0 spiro atoms. The second-order valence-electron chi connectivity index (χ2n) is 4.66. The lowest BCUT2D eigenvalue weighted by Crippen LogP contribution is -2.07. The summed E-state index contributed by atoms with van der Waals surface area (Å²) >= 11 is 0. The molecule has 0 aliphatic rings. The molecular weight excluding hydrogens is 228 g/mol. The van der Waals surface area contributed by atoms with Crippen LogP contribution in [0, 0.1) is 0 Å². The number of aliphatic hydroxyl groups excluding tert-OH is 1. The van der Waals surface area contributed by atoms with Crippen molar-refractivity contribution in [2.75, 3.05) is 13.2 Å². The van der Waals surface area contributed by atoms with Gasteiger partial charge < -0.3 is 9.84 Å². The molecule has 0 aromatic carbocycles. The summed E-state index contributed by atoms with van der Waals surface area (Å²) < 4.78 is 5.14. The Kier molecular flexibility index (Phi) is 12.0. The zero-order valence-electron chi connectivity index (χ0n) is 11.9. The average Bonchev–Trinajstić information content (AvgIpc) is 2.38. The van der Waals surface area contributed by atoms with Crippen molar-refractivity contribution < 1.29 is 14.6 Å². The van der Waals surface area contributed by atoms with E-state index in [-0.39, 0.29) is 12.6 Å². The molecule has 0 bridgehead atoms. The number of rotatable bonds is 11. The smallest absolute Gasteiger partial charge is 0.333 e. The summed E-state index contributed by atoms with van der Waals surface area (Å²) in [5, 5.41) is 8.63. The molecule has 0 aromatic heterocycles. The van der Waals surface area contributed by atoms with Crippen molar-refractivity contribution in [3.63, 3.8) is 0 Å². The van der Waals surface area contributed by atoms with E-state index in [1.54, 1.807) is 13.0 Å². The summed E-state index contributed by atoms with van der Waals surface area (Å²) in [6.07, 6.45) is 10.8. The number of hydrogen-bond donors (Lipinski definition) is 1. The second-order valence-corrected chi connectivity index (χ2v) is 4.66. The summed E-state index contributed by atoms with van der Waals surface area (Å²) in [5.74, 6) is -0.255. The van der Waals surface area contributed by atoms with Gasteiger partial charge in [0.15, 0.2) is 0 Å². The molecule has 3 heteroatoms. The van der Waals surface area contributed by atoms with Crippen LogP contribution in [0.1, 0.15) is 65.2 Å². The molecular formula is C15H28O3. The Bertz CT molecular complexity index is 234. The minimum absolute atomic E-state index is 0.0718. The third-order valence-electron chi connectivity index (χ3n) is 2.88. The highest BCUT2D eigenvalue weighted by atomic mass is 16.5. The predicted molar refractivity (Wildman–Crippen MR) is 74.4 cm³/mol. The normalized spacial score (nSPS) is 11.6. The molecule has 0 fully saturated rings. The maximum absolute atomic E-state index is 11.5. The second kappa shape index (κ2) is 12.6. The van der Waals surface area contributed by atoms with Gasteiger partial charge in [-0.3, -0.25) is 0 Å². The molecule has 0 aliphatic heterocycles. The minimum Gasteiger partial charge on any atom is -0.462 e. The van der Waals surface area contributed by atoms with Crippen LogP contribution >= 0.6 is 0 Å². The number of ether oxygens (including phenoxy) is 1. The molecule has 0 amide bonds. The Morgan fingerprint density at radius 2 is 1.72 bits per heavy atom. The molecule has 3 nitrogen and oxygen atoms in total. The van der Waals surface area contributed by atoms with Crippen LogP contribution in [0.5, 0.6) is 0 Å². The lowest BCUT2D eigenvalue weighted by atomic mass is 10.1. The van der Waals surface area contributed by atoms with E-state index in [0.717, 1.165) is 12.8 Å². The number of unbranched alkanes of at least 4 members (excludes halogenated alkanes) is 6. The van der Waals surface area contributed by atoms with Gasteiger partial charge in [0.2, 0.25) is 0 Å². The lowest BCUT2D eigenvalue weighted by molar-refractivity contribution is -0.139. The van der Waals surface area contributed by atoms with Crippen molar-refractivity contribution in [3.05, 3.63) is 11.6 Å². The van der Waals surface area contributed by atoms with Crippen LogP contribution in [-0.4, -0.2) is 24.3 Å². The fourth-order valence-electron chi connectivity index (χ4n) is 1.70. The maximum atomic E-state index is 11.5. The van der Waals surface area contributed by atoms with Crippen LogP contribution in [0.3, 0.4) is 0 Å². The van der Waals surface area contributed by atoms with Crippen molar-refractivity contribution in [3.8, 4) is 0 Å². The van der Waals surface area contributed by atoms with E-state index in [1.807, 2.05) is 0 Å². The van der Waals surface area contributed by atoms with E-state index in [4.69, 9.17) is 9.84 Å². The highest BCUT2D eigenvalue weighted by molar-refractivity contribution is 5.87. The van der Waals surface area contributed by atoms with Gasteiger partial charge in [-0.15, -0.1) is 0 Å². The van der Waals surface area contributed by atoms with Crippen molar-refractivity contribution in [2.24, 2.45) is 0 Å². The van der Waals surface area contributed by atoms with Gasteiger partial charge in [0, 0.05) is 12.2 Å². The van der Waals surface area contributed by atoms with Crippen molar-refractivity contribution in [1.29, 1.82) is 0 Å². The zero-order chi connectivity index (χ0) is 13.6. The molecule has 0 radical (unpaired) electrons. The number of hydrogen-bond acceptors (Lipinski definition) is 3. The van der Waals surface area contributed by atoms with Crippen molar-refractivity contribution >= 4 is 5.97 Å². The zero-order valence-corrected chi connectivity index (χ0v) is 11.9. The van der Waals surface area contributed by atoms with Gasteiger partial charge in [-0.05, 0) is 19.8 Å². The summed E-state index contributed by atoms with van der Waals surface area (Å²) in [4.78, 5) is 11.5. The fraction of sp³-hybridized carbons (Fsp3) is 0.800. The Balaban J connectivity index is 3.40. The van der Waals surface area contributed by atoms with E-state index >= 15 is 0 Å². The standard InChI is InChI=1S/C15H28O3/c1-3-4-5-6-7-8-9-13-18-15(17)14(2)11-10-12-16/h11,16H,3-10,12-13H2,1-2H3. The highest BCUT2D eigenvalue weighted by Gasteiger charge is 2.04. The molecule has 0 heterocycles. The molecule has 0 saturated carbocycles.